The van der Waals surface area contributed by atoms with E-state index in [0.717, 1.165) is 19.4 Å². The van der Waals surface area contributed by atoms with Crippen molar-refractivity contribution < 1.29 is 14.3 Å². The third-order valence-electron chi connectivity index (χ3n) is 1.99. The van der Waals surface area contributed by atoms with E-state index in [2.05, 4.69) is 19.2 Å². The lowest BCUT2D eigenvalue weighted by atomic mass is 10.1. The molecule has 1 amide bonds. The fourth-order valence-corrected chi connectivity index (χ4v) is 1.04. The van der Waals surface area contributed by atoms with Crippen molar-refractivity contribution in [2.24, 2.45) is 5.92 Å². The van der Waals surface area contributed by atoms with Crippen LogP contribution in [0.2, 0.25) is 0 Å². The quantitative estimate of drug-likeness (QED) is 0.581. The zero-order valence-electron chi connectivity index (χ0n) is 10.8. The third kappa shape index (κ3) is 11.5. The number of nitrogens with one attached hydrogen (secondary N) is 1. The van der Waals surface area contributed by atoms with Gasteiger partial charge in [-0.25, -0.2) is 0 Å². The summed E-state index contributed by atoms with van der Waals surface area (Å²) in [5.74, 6) is 0.595. The summed E-state index contributed by atoms with van der Waals surface area (Å²) >= 11 is 0. The molecule has 0 aliphatic heterocycles. The molecule has 0 bridgehead atoms. The van der Waals surface area contributed by atoms with Gasteiger partial charge in [0.05, 0.1) is 6.61 Å². The van der Waals surface area contributed by atoms with E-state index < -0.39 is 0 Å². The molecular weight excluding hydrogens is 206 g/mol. The second kappa shape index (κ2) is 10.9. The van der Waals surface area contributed by atoms with Gasteiger partial charge in [-0.1, -0.05) is 20.8 Å². The van der Waals surface area contributed by atoms with E-state index in [1.54, 1.807) is 0 Å². The maximum Gasteiger partial charge on any atom is 0.246 e. The van der Waals surface area contributed by atoms with Crippen molar-refractivity contribution in [3.05, 3.63) is 0 Å². The average Bonchev–Trinajstić information content (AvgIpc) is 2.23. The molecule has 4 heteroatoms. The van der Waals surface area contributed by atoms with E-state index in [1.165, 1.54) is 0 Å². The first-order valence-electron chi connectivity index (χ1n) is 6.09. The molecule has 16 heavy (non-hydrogen) atoms. The number of amides is 1. The van der Waals surface area contributed by atoms with Gasteiger partial charge in [0, 0.05) is 19.8 Å². The molecule has 0 fully saturated rings. The maximum atomic E-state index is 11.2. The second-order valence-corrected chi connectivity index (χ2v) is 4.20. The van der Waals surface area contributed by atoms with Crippen LogP contribution in [0.5, 0.6) is 0 Å². The van der Waals surface area contributed by atoms with Crippen LogP contribution >= 0.6 is 0 Å². The molecule has 96 valence electrons. The molecule has 0 radical (unpaired) electrons. The van der Waals surface area contributed by atoms with Crippen LogP contribution in [0.3, 0.4) is 0 Å². The standard InChI is InChI=1S/C12H25NO3/c1-4-7-16-10-12(14)13-6-9-15-8-5-11(2)3/h11H,4-10H2,1-3H3,(H,13,14). The van der Waals surface area contributed by atoms with Crippen LogP contribution < -0.4 is 5.32 Å². The Morgan fingerprint density at radius 3 is 2.56 bits per heavy atom. The minimum Gasteiger partial charge on any atom is -0.380 e. The van der Waals surface area contributed by atoms with Crippen molar-refractivity contribution in [3.8, 4) is 0 Å². The Bertz CT molecular complexity index is 172. The van der Waals surface area contributed by atoms with Gasteiger partial charge in [0.2, 0.25) is 5.91 Å². The van der Waals surface area contributed by atoms with Gasteiger partial charge in [-0.2, -0.15) is 0 Å². The van der Waals surface area contributed by atoms with Crippen LogP contribution in [0.25, 0.3) is 0 Å². The Morgan fingerprint density at radius 1 is 1.19 bits per heavy atom. The molecule has 0 aromatic heterocycles. The van der Waals surface area contributed by atoms with Gasteiger partial charge in [-0.15, -0.1) is 0 Å². The first-order valence-corrected chi connectivity index (χ1v) is 6.09. The molecule has 0 saturated heterocycles. The molecule has 0 atom stereocenters. The first kappa shape index (κ1) is 15.4. The zero-order chi connectivity index (χ0) is 12.2. The van der Waals surface area contributed by atoms with Crippen LogP contribution in [0.15, 0.2) is 0 Å². The molecular formula is C12H25NO3. The van der Waals surface area contributed by atoms with Gasteiger partial charge in [0.25, 0.3) is 0 Å². The number of hydrogen-bond acceptors (Lipinski definition) is 3. The molecule has 0 saturated carbocycles. The summed E-state index contributed by atoms with van der Waals surface area (Å²) in [6.07, 6.45) is 2.00. The molecule has 0 aromatic rings. The second-order valence-electron chi connectivity index (χ2n) is 4.20. The first-order chi connectivity index (χ1) is 7.66. The monoisotopic (exact) mass is 231 g/mol. The molecule has 0 spiro atoms. The molecule has 0 aliphatic carbocycles. The zero-order valence-corrected chi connectivity index (χ0v) is 10.8. The molecule has 0 heterocycles. The van der Waals surface area contributed by atoms with E-state index in [0.29, 0.717) is 25.7 Å². The minimum absolute atomic E-state index is 0.0686. The van der Waals surface area contributed by atoms with Gasteiger partial charge < -0.3 is 14.8 Å². The molecule has 0 aliphatic rings. The summed E-state index contributed by atoms with van der Waals surface area (Å²) in [4.78, 5) is 11.2. The van der Waals surface area contributed by atoms with Gasteiger partial charge in [-0.3, -0.25) is 4.79 Å². The van der Waals surface area contributed by atoms with Gasteiger partial charge in [0.15, 0.2) is 0 Å². The summed E-state index contributed by atoms with van der Waals surface area (Å²) in [6, 6.07) is 0. The Hall–Kier alpha value is -0.610. The van der Waals surface area contributed by atoms with E-state index in [1.807, 2.05) is 6.92 Å². The van der Waals surface area contributed by atoms with Crippen LogP contribution in [-0.2, 0) is 14.3 Å². The highest BCUT2D eigenvalue weighted by Gasteiger charge is 1.99. The van der Waals surface area contributed by atoms with Gasteiger partial charge >= 0.3 is 0 Å². The van der Waals surface area contributed by atoms with Crippen molar-refractivity contribution in [1.82, 2.24) is 5.32 Å². The summed E-state index contributed by atoms with van der Waals surface area (Å²) in [5.41, 5.74) is 0. The van der Waals surface area contributed by atoms with Crippen molar-refractivity contribution in [2.75, 3.05) is 33.0 Å². The van der Waals surface area contributed by atoms with E-state index in [4.69, 9.17) is 9.47 Å². The van der Waals surface area contributed by atoms with Gasteiger partial charge in [0.1, 0.15) is 6.61 Å². The normalized spacial score (nSPS) is 10.8. The van der Waals surface area contributed by atoms with Crippen molar-refractivity contribution >= 4 is 5.91 Å². The molecule has 0 rings (SSSR count). The Morgan fingerprint density at radius 2 is 1.94 bits per heavy atom. The van der Waals surface area contributed by atoms with Crippen molar-refractivity contribution in [3.63, 3.8) is 0 Å². The third-order valence-corrected chi connectivity index (χ3v) is 1.99. The highest BCUT2D eigenvalue weighted by molar-refractivity contribution is 5.77. The number of hydrogen-bond donors (Lipinski definition) is 1. The fourth-order valence-electron chi connectivity index (χ4n) is 1.04. The number of carbonyl (C=O) groups excluding carboxylic acids is 1. The number of rotatable bonds is 10. The van der Waals surface area contributed by atoms with Crippen LogP contribution in [0.4, 0.5) is 0 Å². The van der Waals surface area contributed by atoms with E-state index in [-0.39, 0.29) is 12.5 Å². The lowest BCUT2D eigenvalue weighted by Gasteiger charge is -2.07. The number of carbonyl (C=O) groups is 1. The highest BCUT2D eigenvalue weighted by atomic mass is 16.5. The highest BCUT2D eigenvalue weighted by Crippen LogP contribution is 1.98. The minimum atomic E-state index is -0.0686. The van der Waals surface area contributed by atoms with E-state index in [9.17, 15) is 4.79 Å². The Labute approximate surface area is 98.7 Å². The summed E-state index contributed by atoms with van der Waals surface area (Å²) in [6.45, 7) is 9.03. The average molecular weight is 231 g/mol. The summed E-state index contributed by atoms with van der Waals surface area (Å²) < 4.78 is 10.5. The fraction of sp³-hybridized carbons (Fsp3) is 0.917. The molecule has 4 nitrogen and oxygen atoms in total. The topological polar surface area (TPSA) is 47.6 Å². The SMILES string of the molecule is CCCOCC(=O)NCCOCCC(C)C. The molecule has 0 aromatic carbocycles. The largest absolute Gasteiger partial charge is 0.380 e. The smallest absolute Gasteiger partial charge is 0.246 e. The number of ether oxygens (including phenoxy) is 2. The summed E-state index contributed by atoms with van der Waals surface area (Å²) in [5, 5.41) is 2.74. The Kier molecular flexibility index (Phi) is 10.5. The summed E-state index contributed by atoms with van der Waals surface area (Å²) in [7, 11) is 0. The predicted octanol–water partition coefficient (Wildman–Crippen LogP) is 1.59. The van der Waals surface area contributed by atoms with Crippen LogP contribution in [0.1, 0.15) is 33.6 Å². The van der Waals surface area contributed by atoms with Crippen molar-refractivity contribution in [2.45, 2.75) is 33.6 Å². The van der Waals surface area contributed by atoms with E-state index >= 15 is 0 Å². The van der Waals surface area contributed by atoms with Crippen LogP contribution in [-0.4, -0.2) is 38.9 Å². The van der Waals surface area contributed by atoms with Gasteiger partial charge in [-0.05, 0) is 18.8 Å². The predicted molar refractivity (Wildman–Crippen MR) is 64.4 cm³/mol. The Balaban J connectivity index is 3.15. The lowest BCUT2D eigenvalue weighted by Crippen LogP contribution is -2.30. The molecule has 0 unspecified atom stereocenters. The lowest BCUT2D eigenvalue weighted by molar-refractivity contribution is -0.125. The molecule has 1 N–H and O–H groups in total. The maximum absolute atomic E-state index is 11.2. The van der Waals surface area contributed by atoms with Crippen molar-refractivity contribution in [1.29, 1.82) is 0 Å². The van der Waals surface area contributed by atoms with Crippen LogP contribution in [0, 0.1) is 5.92 Å².